The molecule has 0 amide bonds. The zero-order valence-corrected chi connectivity index (χ0v) is 7.65. The number of nitrogens with zero attached hydrogens (tertiary/aromatic N) is 1. The number of ether oxygens (including phenoxy) is 1. The molecule has 0 aliphatic heterocycles. The predicted molar refractivity (Wildman–Crippen MR) is 46.0 cm³/mol. The summed E-state index contributed by atoms with van der Waals surface area (Å²) in [4.78, 5) is 18.2. The highest BCUT2D eigenvalue weighted by atomic mass is 16.5. The Morgan fingerprint density at radius 1 is 1.69 bits per heavy atom. The van der Waals surface area contributed by atoms with Gasteiger partial charge in [0.1, 0.15) is 0 Å². The summed E-state index contributed by atoms with van der Waals surface area (Å²) in [5.74, 6) is 0.542. The lowest BCUT2D eigenvalue weighted by atomic mass is 10.2. The number of aromatic nitrogens is 2. The maximum Gasteiger partial charge on any atom is 0.309 e. The normalized spacial score (nSPS) is 31.4. The molecule has 2 rings (SSSR count). The van der Waals surface area contributed by atoms with E-state index in [4.69, 9.17) is 4.74 Å². The Bertz CT molecular complexity index is 307. The molecule has 1 aliphatic rings. The summed E-state index contributed by atoms with van der Waals surface area (Å²) in [5.41, 5.74) is 1.03. The smallest absolute Gasteiger partial charge is 0.309 e. The maximum absolute atomic E-state index is 11.2. The first-order valence-electron chi connectivity index (χ1n) is 4.31. The van der Waals surface area contributed by atoms with Gasteiger partial charge in [0.2, 0.25) is 0 Å². The maximum atomic E-state index is 11.2. The molecule has 1 aromatic heterocycles. The lowest BCUT2D eigenvalue weighted by Crippen LogP contribution is -2.04. The summed E-state index contributed by atoms with van der Waals surface area (Å²) < 4.78 is 4.70. The Morgan fingerprint density at radius 2 is 2.46 bits per heavy atom. The Kier molecular flexibility index (Phi) is 1.83. The predicted octanol–water partition coefficient (Wildman–Crippen LogP) is 0.932. The molecule has 1 heterocycles. The van der Waals surface area contributed by atoms with Crippen LogP contribution in [-0.2, 0) is 9.53 Å². The van der Waals surface area contributed by atoms with E-state index < -0.39 is 0 Å². The Morgan fingerprint density at radius 3 is 3.00 bits per heavy atom. The minimum Gasteiger partial charge on any atom is -0.469 e. The third kappa shape index (κ3) is 1.22. The summed E-state index contributed by atoms with van der Waals surface area (Å²) in [6.45, 7) is 2.05. The number of imidazole rings is 1. The van der Waals surface area contributed by atoms with Crippen LogP contribution in [0.1, 0.15) is 18.5 Å². The average molecular weight is 180 g/mol. The van der Waals surface area contributed by atoms with Crippen LogP contribution in [0, 0.1) is 11.8 Å². The standard InChI is InChI=1S/C9H12N2O2/c1-5-7(6-3-10-4-11-6)8(5)9(12)13-2/h3-5,7-8H,1-2H3,(H,10,11). The number of carbonyl (C=O) groups excluding carboxylic acids is 1. The Labute approximate surface area is 76.3 Å². The average Bonchev–Trinajstić information content (AvgIpc) is 2.62. The molecule has 13 heavy (non-hydrogen) atoms. The highest BCUT2D eigenvalue weighted by molar-refractivity contribution is 5.77. The molecule has 0 spiro atoms. The van der Waals surface area contributed by atoms with Gasteiger partial charge in [-0.15, -0.1) is 0 Å². The molecular formula is C9H12N2O2. The fourth-order valence-corrected chi connectivity index (χ4v) is 1.89. The van der Waals surface area contributed by atoms with E-state index in [-0.39, 0.29) is 17.8 Å². The largest absolute Gasteiger partial charge is 0.469 e. The van der Waals surface area contributed by atoms with Gasteiger partial charge >= 0.3 is 5.97 Å². The molecule has 3 unspecified atom stereocenters. The SMILES string of the molecule is COC(=O)C1C(C)C1c1cnc[nH]1. The minimum absolute atomic E-state index is 0.0189. The van der Waals surface area contributed by atoms with Crippen molar-refractivity contribution in [3.05, 3.63) is 18.2 Å². The monoisotopic (exact) mass is 180 g/mol. The van der Waals surface area contributed by atoms with Gasteiger partial charge in [-0.2, -0.15) is 0 Å². The van der Waals surface area contributed by atoms with Gasteiger partial charge in [0.05, 0.1) is 19.4 Å². The van der Waals surface area contributed by atoms with Crippen molar-refractivity contribution in [2.45, 2.75) is 12.8 Å². The first-order chi connectivity index (χ1) is 6.25. The van der Waals surface area contributed by atoms with Crippen LogP contribution in [0.2, 0.25) is 0 Å². The van der Waals surface area contributed by atoms with E-state index in [1.807, 2.05) is 6.92 Å². The van der Waals surface area contributed by atoms with E-state index in [0.717, 1.165) is 5.69 Å². The Hall–Kier alpha value is -1.32. The molecule has 0 radical (unpaired) electrons. The van der Waals surface area contributed by atoms with Crippen molar-refractivity contribution in [1.29, 1.82) is 0 Å². The van der Waals surface area contributed by atoms with E-state index in [9.17, 15) is 4.79 Å². The number of esters is 1. The third-order valence-electron chi connectivity index (χ3n) is 2.73. The zero-order valence-electron chi connectivity index (χ0n) is 7.65. The van der Waals surface area contributed by atoms with Gasteiger partial charge in [-0.1, -0.05) is 6.92 Å². The molecule has 1 saturated carbocycles. The number of methoxy groups -OCH3 is 1. The van der Waals surface area contributed by atoms with Crippen LogP contribution in [0.15, 0.2) is 12.5 Å². The van der Waals surface area contributed by atoms with Crippen molar-refractivity contribution >= 4 is 5.97 Å². The van der Waals surface area contributed by atoms with Crippen LogP contribution in [0.25, 0.3) is 0 Å². The Balaban J connectivity index is 2.10. The number of hydrogen-bond donors (Lipinski definition) is 1. The first kappa shape index (κ1) is 8.29. The van der Waals surface area contributed by atoms with Crippen molar-refractivity contribution in [2.24, 2.45) is 11.8 Å². The van der Waals surface area contributed by atoms with E-state index in [1.165, 1.54) is 7.11 Å². The molecule has 4 heteroatoms. The molecule has 3 atom stereocenters. The number of carbonyl (C=O) groups is 1. The van der Waals surface area contributed by atoms with Crippen LogP contribution in [0.4, 0.5) is 0 Å². The summed E-state index contributed by atoms with van der Waals surface area (Å²) >= 11 is 0. The number of H-pyrrole nitrogens is 1. The number of rotatable bonds is 2. The van der Waals surface area contributed by atoms with Crippen molar-refractivity contribution in [2.75, 3.05) is 7.11 Å². The topological polar surface area (TPSA) is 55.0 Å². The van der Waals surface area contributed by atoms with Crippen LogP contribution in [0.5, 0.6) is 0 Å². The van der Waals surface area contributed by atoms with E-state index >= 15 is 0 Å². The second-order valence-corrected chi connectivity index (χ2v) is 3.44. The summed E-state index contributed by atoms with van der Waals surface area (Å²) in [7, 11) is 1.43. The van der Waals surface area contributed by atoms with E-state index in [2.05, 4.69) is 9.97 Å². The fourth-order valence-electron chi connectivity index (χ4n) is 1.89. The van der Waals surface area contributed by atoms with Crippen LogP contribution >= 0.6 is 0 Å². The third-order valence-corrected chi connectivity index (χ3v) is 2.73. The zero-order chi connectivity index (χ0) is 9.42. The molecule has 0 bridgehead atoms. The number of nitrogens with one attached hydrogen (secondary N) is 1. The molecular weight excluding hydrogens is 168 g/mol. The van der Waals surface area contributed by atoms with E-state index in [0.29, 0.717) is 5.92 Å². The van der Waals surface area contributed by atoms with Crippen molar-refractivity contribution in [1.82, 2.24) is 9.97 Å². The van der Waals surface area contributed by atoms with Gasteiger partial charge < -0.3 is 9.72 Å². The van der Waals surface area contributed by atoms with Crippen molar-refractivity contribution < 1.29 is 9.53 Å². The van der Waals surface area contributed by atoms with E-state index in [1.54, 1.807) is 12.5 Å². The highest BCUT2D eigenvalue weighted by Gasteiger charge is 2.54. The molecule has 1 N–H and O–H groups in total. The fraction of sp³-hybridized carbons (Fsp3) is 0.556. The van der Waals surface area contributed by atoms with Gasteiger partial charge in [0, 0.05) is 17.8 Å². The van der Waals surface area contributed by atoms with Gasteiger partial charge in [-0.05, 0) is 5.92 Å². The summed E-state index contributed by atoms with van der Waals surface area (Å²) in [5, 5.41) is 0. The molecule has 70 valence electrons. The lowest BCUT2D eigenvalue weighted by molar-refractivity contribution is -0.142. The molecule has 0 saturated heterocycles. The van der Waals surface area contributed by atoms with Crippen molar-refractivity contribution in [3.8, 4) is 0 Å². The highest BCUT2D eigenvalue weighted by Crippen LogP contribution is 2.53. The summed E-state index contributed by atoms with van der Waals surface area (Å²) in [6.07, 6.45) is 3.40. The number of aromatic amines is 1. The van der Waals surface area contributed by atoms with Gasteiger partial charge in [-0.25, -0.2) is 4.98 Å². The first-order valence-corrected chi connectivity index (χ1v) is 4.31. The molecule has 1 aromatic rings. The molecule has 1 fully saturated rings. The summed E-state index contributed by atoms with van der Waals surface area (Å²) in [6, 6.07) is 0. The molecule has 0 aromatic carbocycles. The second-order valence-electron chi connectivity index (χ2n) is 3.44. The van der Waals surface area contributed by atoms with Gasteiger partial charge in [0.15, 0.2) is 0 Å². The lowest BCUT2D eigenvalue weighted by Gasteiger charge is -1.94. The van der Waals surface area contributed by atoms with Crippen molar-refractivity contribution in [3.63, 3.8) is 0 Å². The van der Waals surface area contributed by atoms with Crippen LogP contribution in [-0.4, -0.2) is 23.0 Å². The molecule has 1 aliphatic carbocycles. The molecule has 4 nitrogen and oxygen atoms in total. The van der Waals surface area contributed by atoms with Crippen LogP contribution in [0.3, 0.4) is 0 Å². The van der Waals surface area contributed by atoms with Gasteiger partial charge in [0.25, 0.3) is 0 Å². The van der Waals surface area contributed by atoms with Gasteiger partial charge in [-0.3, -0.25) is 4.79 Å². The second kappa shape index (κ2) is 2.87. The quantitative estimate of drug-likeness (QED) is 0.689. The number of hydrogen-bond acceptors (Lipinski definition) is 3. The van der Waals surface area contributed by atoms with Crippen LogP contribution < -0.4 is 0 Å². The minimum atomic E-state index is -0.118.